The Hall–Kier alpha value is -1.51. The molecule has 0 spiro atoms. The lowest BCUT2D eigenvalue weighted by molar-refractivity contribution is 0.300. The summed E-state index contributed by atoms with van der Waals surface area (Å²) in [5, 5.41) is 3.53. The van der Waals surface area contributed by atoms with Crippen LogP contribution in [0.5, 0.6) is 5.75 Å². The molecule has 2 nitrogen and oxygen atoms in total. The molecule has 0 unspecified atom stereocenters. The van der Waals surface area contributed by atoms with Gasteiger partial charge in [0.1, 0.15) is 12.4 Å². The molecule has 1 heterocycles. The van der Waals surface area contributed by atoms with Gasteiger partial charge < -0.3 is 10.1 Å². The van der Waals surface area contributed by atoms with Crippen molar-refractivity contribution in [3.05, 3.63) is 65.7 Å². The first-order valence-corrected chi connectivity index (χ1v) is 6.92. The van der Waals surface area contributed by atoms with Gasteiger partial charge in [-0.05, 0) is 31.0 Å². The molecule has 0 aliphatic carbocycles. The third-order valence-corrected chi connectivity index (χ3v) is 3.59. The van der Waals surface area contributed by atoms with E-state index in [4.69, 9.17) is 4.74 Å². The van der Waals surface area contributed by atoms with Crippen molar-refractivity contribution < 1.29 is 4.74 Å². The van der Waals surface area contributed by atoms with Crippen LogP contribution < -0.4 is 10.1 Å². The summed E-state index contributed by atoms with van der Waals surface area (Å²) in [7, 11) is 0. The van der Waals surface area contributed by atoms with Crippen LogP contribution in [0.1, 0.15) is 30.0 Å². The van der Waals surface area contributed by atoms with E-state index >= 15 is 0 Å². The van der Waals surface area contributed by atoms with Crippen molar-refractivity contribution >= 4 is 12.4 Å². The Labute approximate surface area is 126 Å². The summed E-state index contributed by atoms with van der Waals surface area (Å²) in [6.45, 7) is 1.74. The highest BCUT2D eigenvalue weighted by atomic mass is 35.5. The Balaban J connectivity index is 0.00000147. The molecule has 0 aromatic heterocycles. The Kier molecular flexibility index (Phi) is 5.45. The largest absolute Gasteiger partial charge is 0.489 e. The minimum Gasteiger partial charge on any atom is -0.489 e. The van der Waals surface area contributed by atoms with E-state index in [9.17, 15) is 0 Å². The maximum absolute atomic E-state index is 6.00. The van der Waals surface area contributed by atoms with E-state index in [1.54, 1.807) is 0 Å². The first kappa shape index (κ1) is 14.9. The van der Waals surface area contributed by atoms with Crippen LogP contribution in [0.25, 0.3) is 0 Å². The highest BCUT2D eigenvalue weighted by molar-refractivity contribution is 5.85. The molecular formula is C17H20ClNO. The Morgan fingerprint density at radius 1 is 1.00 bits per heavy atom. The van der Waals surface area contributed by atoms with E-state index in [2.05, 4.69) is 35.6 Å². The van der Waals surface area contributed by atoms with Gasteiger partial charge in [-0.1, -0.05) is 48.5 Å². The van der Waals surface area contributed by atoms with Crippen LogP contribution in [0, 0.1) is 0 Å². The fourth-order valence-electron chi connectivity index (χ4n) is 2.59. The molecule has 0 bridgehead atoms. The van der Waals surface area contributed by atoms with Gasteiger partial charge in [-0.3, -0.25) is 0 Å². The van der Waals surface area contributed by atoms with E-state index in [0.29, 0.717) is 12.6 Å². The minimum atomic E-state index is 0. The Morgan fingerprint density at radius 3 is 2.50 bits per heavy atom. The number of nitrogens with one attached hydrogen (secondary N) is 1. The lowest BCUT2D eigenvalue weighted by Crippen LogP contribution is -2.14. The molecular weight excluding hydrogens is 270 g/mol. The summed E-state index contributed by atoms with van der Waals surface area (Å²) in [6.07, 6.45) is 2.45. The van der Waals surface area contributed by atoms with Crippen molar-refractivity contribution in [3.8, 4) is 5.75 Å². The number of hydrogen-bond acceptors (Lipinski definition) is 2. The molecule has 1 fully saturated rings. The molecule has 1 aliphatic heterocycles. The zero-order valence-corrected chi connectivity index (χ0v) is 12.2. The normalized spacial score (nSPS) is 17.5. The van der Waals surface area contributed by atoms with E-state index < -0.39 is 0 Å². The standard InChI is InChI=1S/C17H19NO.ClH/c1-2-7-14(8-3-1)13-19-17-11-5-4-9-15(17)16-10-6-12-18-16;/h1-5,7-9,11,16,18H,6,10,12-13H2;1H/t16-;/m0./s1. The lowest BCUT2D eigenvalue weighted by Gasteiger charge is -2.16. The highest BCUT2D eigenvalue weighted by Gasteiger charge is 2.19. The number of benzene rings is 2. The van der Waals surface area contributed by atoms with Crippen LogP contribution in [0.4, 0.5) is 0 Å². The monoisotopic (exact) mass is 289 g/mol. The van der Waals surface area contributed by atoms with Crippen molar-refractivity contribution in [1.82, 2.24) is 5.32 Å². The number of ether oxygens (including phenoxy) is 1. The van der Waals surface area contributed by atoms with Crippen LogP contribution in [-0.4, -0.2) is 6.54 Å². The molecule has 0 amide bonds. The summed E-state index contributed by atoms with van der Waals surface area (Å²) < 4.78 is 6.00. The molecule has 1 N–H and O–H groups in total. The van der Waals surface area contributed by atoms with Gasteiger partial charge in [-0.25, -0.2) is 0 Å². The Morgan fingerprint density at radius 2 is 1.75 bits per heavy atom. The van der Waals surface area contributed by atoms with E-state index in [0.717, 1.165) is 12.3 Å². The summed E-state index contributed by atoms with van der Waals surface area (Å²) in [5.74, 6) is 1.01. The van der Waals surface area contributed by atoms with E-state index in [-0.39, 0.29) is 12.4 Å². The summed E-state index contributed by atoms with van der Waals surface area (Å²) in [4.78, 5) is 0. The van der Waals surface area contributed by atoms with Crippen LogP contribution in [0.3, 0.4) is 0 Å². The molecule has 0 saturated carbocycles. The minimum absolute atomic E-state index is 0. The molecule has 2 aromatic rings. The fraction of sp³-hybridized carbons (Fsp3) is 0.294. The average molecular weight is 290 g/mol. The second-order valence-electron chi connectivity index (χ2n) is 4.96. The van der Waals surface area contributed by atoms with Crippen LogP contribution in [0.15, 0.2) is 54.6 Å². The quantitative estimate of drug-likeness (QED) is 0.914. The van der Waals surface area contributed by atoms with Gasteiger partial charge in [0, 0.05) is 11.6 Å². The number of para-hydroxylation sites is 1. The SMILES string of the molecule is Cl.c1ccc(COc2ccccc2[C@@H]2CCCN2)cc1. The lowest BCUT2D eigenvalue weighted by atomic mass is 10.0. The van der Waals surface area contributed by atoms with Gasteiger partial charge in [0.15, 0.2) is 0 Å². The van der Waals surface area contributed by atoms with Gasteiger partial charge in [0.05, 0.1) is 0 Å². The smallest absolute Gasteiger partial charge is 0.124 e. The number of rotatable bonds is 4. The van der Waals surface area contributed by atoms with Gasteiger partial charge in [-0.2, -0.15) is 0 Å². The van der Waals surface area contributed by atoms with E-state index in [1.807, 2.05) is 24.3 Å². The summed E-state index contributed by atoms with van der Waals surface area (Å²) in [5.41, 5.74) is 2.49. The van der Waals surface area contributed by atoms with Crippen LogP contribution in [0.2, 0.25) is 0 Å². The predicted octanol–water partition coefficient (Wildman–Crippen LogP) is 4.11. The van der Waals surface area contributed by atoms with Crippen molar-refractivity contribution in [2.45, 2.75) is 25.5 Å². The molecule has 3 rings (SSSR count). The fourth-order valence-corrected chi connectivity index (χ4v) is 2.59. The first-order valence-electron chi connectivity index (χ1n) is 6.92. The van der Waals surface area contributed by atoms with Gasteiger partial charge in [0.2, 0.25) is 0 Å². The van der Waals surface area contributed by atoms with Crippen molar-refractivity contribution in [3.63, 3.8) is 0 Å². The molecule has 20 heavy (non-hydrogen) atoms. The summed E-state index contributed by atoms with van der Waals surface area (Å²) >= 11 is 0. The van der Waals surface area contributed by atoms with Crippen LogP contribution in [-0.2, 0) is 6.61 Å². The molecule has 106 valence electrons. The topological polar surface area (TPSA) is 21.3 Å². The average Bonchev–Trinajstić information content (AvgIpc) is 3.01. The second-order valence-corrected chi connectivity index (χ2v) is 4.96. The van der Waals surface area contributed by atoms with Crippen LogP contribution >= 0.6 is 12.4 Å². The third-order valence-electron chi connectivity index (χ3n) is 3.59. The Bertz CT molecular complexity index is 524. The number of hydrogen-bond donors (Lipinski definition) is 1. The summed E-state index contributed by atoms with van der Waals surface area (Å²) in [6, 6.07) is 19.1. The molecule has 3 heteroatoms. The van der Waals surface area contributed by atoms with Gasteiger partial charge >= 0.3 is 0 Å². The second kappa shape index (κ2) is 7.32. The highest BCUT2D eigenvalue weighted by Crippen LogP contribution is 2.31. The molecule has 2 aromatic carbocycles. The molecule has 1 aliphatic rings. The first-order chi connectivity index (χ1) is 9.43. The predicted molar refractivity (Wildman–Crippen MR) is 84.4 cm³/mol. The van der Waals surface area contributed by atoms with Gasteiger partial charge in [-0.15, -0.1) is 12.4 Å². The molecule has 1 atom stereocenters. The van der Waals surface area contributed by atoms with E-state index in [1.165, 1.54) is 24.0 Å². The zero-order chi connectivity index (χ0) is 12.9. The zero-order valence-electron chi connectivity index (χ0n) is 11.4. The van der Waals surface area contributed by atoms with Crippen molar-refractivity contribution in [1.29, 1.82) is 0 Å². The van der Waals surface area contributed by atoms with Gasteiger partial charge in [0.25, 0.3) is 0 Å². The van der Waals surface area contributed by atoms with Crippen molar-refractivity contribution in [2.75, 3.05) is 6.54 Å². The maximum Gasteiger partial charge on any atom is 0.124 e. The molecule has 1 saturated heterocycles. The third kappa shape index (κ3) is 3.53. The van der Waals surface area contributed by atoms with Crippen molar-refractivity contribution in [2.24, 2.45) is 0 Å². The number of halogens is 1. The molecule has 0 radical (unpaired) electrons. The maximum atomic E-state index is 6.00.